The van der Waals surface area contributed by atoms with E-state index < -0.39 is 28.7 Å². The van der Waals surface area contributed by atoms with Gasteiger partial charge in [0.05, 0.1) is 28.9 Å². The summed E-state index contributed by atoms with van der Waals surface area (Å²) in [7, 11) is 0. The molecule has 1 amide bonds. The highest BCUT2D eigenvalue weighted by Gasteiger charge is 2.50. The molecule has 234 valence electrons. The molecular weight excluding hydrogens is 569 g/mol. The summed E-state index contributed by atoms with van der Waals surface area (Å²) in [5.74, 6) is -1.78. The number of carboxylic acids is 1. The summed E-state index contributed by atoms with van der Waals surface area (Å²) in [6, 6.07) is 9.39. The topological polar surface area (TPSA) is 162 Å². The van der Waals surface area contributed by atoms with E-state index in [4.69, 9.17) is 14.9 Å². The maximum Gasteiger partial charge on any atom is 0.352 e. The van der Waals surface area contributed by atoms with Crippen molar-refractivity contribution in [1.82, 2.24) is 9.88 Å². The standard InChI is InChI=1S/C33H38FN3O7/c1-19-16-37(13-7-24(19)38)14-12-32(42)8-10-33(11-9-32,31(35)41)28-27-23(36-29(28)30(39)40)3-2-4-25(27)43-17-20-18-44-26-15-21(34)5-6-22(20)26/h2-6,15,18-19,24,36,38,42H,7-14,16-17H2,1H3,(H2,35,41)(H,39,40)/t19-,24-,32?,33?/m0/s1. The van der Waals surface area contributed by atoms with Gasteiger partial charge in [0.2, 0.25) is 5.91 Å². The van der Waals surface area contributed by atoms with E-state index in [0.29, 0.717) is 52.6 Å². The molecule has 2 atom stereocenters. The first-order valence-electron chi connectivity index (χ1n) is 15.1. The molecule has 11 heteroatoms. The normalized spacial score (nSPS) is 26.3. The Morgan fingerprint density at radius 2 is 1.98 bits per heavy atom. The Balaban J connectivity index is 1.29. The van der Waals surface area contributed by atoms with Crippen molar-refractivity contribution in [2.45, 2.75) is 69.2 Å². The number of aromatic nitrogens is 1. The summed E-state index contributed by atoms with van der Waals surface area (Å²) in [5, 5.41) is 33.0. The number of amides is 1. The average molecular weight is 608 g/mol. The molecule has 3 heterocycles. The van der Waals surface area contributed by atoms with Crippen LogP contribution in [0.2, 0.25) is 0 Å². The van der Waals surface area contributed by atoms with Crippen molar-refractivity contribution in [2.24, 2.45) is 11.7 Å². The number of aliphatic hydroxyl groups excluding tert-OH is 1. The van der Waals surface area contributed by atoms with Crippen molar-refractivity contribution in [2.75, 3.05) is 19.6 Å². The van der Waals surface area contributed by atoms with Gasteiger partial charge in [-0.2, -0.15) is 0 Å². The summed E-state index contributed by atoms with van der Waals surface area (Å²) in [4.78, 5) is 31.1. The fourth-order valence-corrected chi connectivity index (χ4v) is 7.10. The second kappa shape index (κ2) is 11.5. The SMILES string of the molecule is C[C@H]1CN(CCC2(O)CCC(C(N)=O)(c3c(C(=O)O)[nH]c4cccc(OCc5coc6cc(F)ccc56)c34)CC2)CC[C@@H]1O. The Hall–Kier alpha value is -3.93. The van der Waals surface area contributed by atoms with Crippen LogP contribution in [0.15, 0.2) is 47.1 Å². The van der Waals surface area contributed by atoms with Crippen molar-refractivity contribution in [3.63, 3.8) is 0 Å². The van der Waals surface area contributed by atoms with Crippen LogP contribution in [0.1, 0.15) is 67.1 Å². The Bertz CT molecular complexity index is 1700. The fourth-order valence-electron chi connectivity index (χ4n) is 7.10. The number of aliphatic hydroxyl groups is 2. The molecule has 2 aromatic carbocycles. The third kappa shape index (κ3) is 5.44. The molecule has 0 unspecified atom stereocenters. The second-order valence-electron chi connectivity index (χ2n) is 12.6. The van der Waals surface area contributed by atoms with Crippen LogP contribution in [0.5, 0.6) is 5.75 Å². The zero-order valence-corrected chi connectivity index (χ0v) is 24.6. The number of carbonyl (C=O) groups excluding carboxylic acids is 1. The zero-order chi connectivity index (χ0) is 31.2. The van der Waals surface area contributed by atoms with E-state index in [1.165, 1.54) is 18.4 Å². The lowest BCUT2D eigenvalue weighted by atomic mass is 9.63. The fraction of sp³-hybridized carbons (Fsp3) is 0.455. The van der Waals surface area contributed by atoms with Crippen molar-refractivity contribution in [3.05, 3.63) is 65.3 Å². The highest BCUT2D eigenvalue weighted by molar-refractivity contribution is 6.05. The summed E-state index contributed by atoms with van der Waals surface area (Å²) in [6.45, 7) is 4.26. The molecule has 4 aromatic rings. The molecule has 10 nitrogen and oxygen atoms in total. The van der Waals surface area contributed by atoms with Gasteiger partial charge in [0, 0.05) is 47.6 Å². The minimum Gasteiger partial charge on any atom is -0.488 e. The van der Waals surface area contributed by atoms with Crippen LogP contribution in [-0.4, -0.2) is 68.4 Å². The summed E-state index contributed by atoms with van der Waals surface area (Å²) < 4.78 is 25.4. The highest BCUT2D eigenvalue weighted by atomic mass is 19.1. The smallest absolute Gasteiger partial charge is 0.352 e. The Morgan fingerprint density at radius 1 is 1.20 bits per heavy atom. The zero-order valence-electron chi connectivity index (χ0n) is 24.6. The Kier molecular flexibility index (Phi) is 7.89. The first-order valence-corrected chi connectivity index (χ1v) is 15.1. The summed E-state index contributed by atoms with van der Waals surface area (Å²) in [6.07, 6.45) is 3.27. The number of aromatic carboxylic acids is 1. The highest BCUT2D eigenvalue weighted by Crippen LogP contribution is 2.49. The average Bonchev–Trinajstić information content (AvgIpc) is 3.59. The number of carbonyl (C=O) groups is 2. The van der Waals surface area contributed by atoms with Gasteiger partial charge in [0.15, 0.2) is 0 Å². The minimum absolute atomic E-state index is 0.0558. The third-order valence-electron chi connectivity index (χ3n) is 9.82. The molecule has 6 N–H and O–H groups in total. The van der Waals surface area contributed by atoms with Gasteiger partial charge < -0.3 is 40.1 Å². The Labute approximate surface area is 253 Å². The van der Waals surface area contributed by atoms with Crippen LogP contribution in [0.3, 0.4) is 0 Å². The number of carboxylic acid groups (broad SMARTS) is 1. The van der Waals surface area contributed by atoms with Crippen molar-refractivity contribution in [1.29, 1.82) is 0 Å². The number of aromatic amines is 1. The van der Waals surface area contributed by atoms with E-state index in [1.54, 1.807) is 24.3 Å². The van der Waals surface area contributed by atoms with Crippen molar-refractivity contribution < 1.29 is 38.5 Å². The molecule has 2 aliphatic rings. The van der Waals surface area contributed by atoms with Gasteiger partial charge in [0.1, 0.15) is 29.5 Å². The molecule has 1 aliphatic heterocycles. The van der Waals surface area contributed by atoms with Crippen LogP contribution in [0.4, 0.5) is 4.39 Å². The monoisotopic (exact) mass is 607 g/mol. The number of nitrogens with two attached hydrogens (primary N) is 1. The number of hydrogen-bond donors (Lipinski definition) is 5. The first kappa shape index (κ1) is 30.1. The molecule has 6 rings (SSSR count). The van der Waals surface area contributed by atoms with Gasteiger partial charge in [-0.25, -0.2) is 9.18 Å². The number of piperidine rings is 1. The van der Waals surface area contributed by atoms with Crippen LogP contribution < -0.4 is 10.5 Å². The van der Waals surface area contributed by atoms with Gasteiger partial charge in [-0.15, -0.1) is 0 Å². The predicted octanol–water partition coefficient (Wildman–Crippen LogP) is 4.45. The summed E-state index contributed by atoms with van der Waals surface area (Å²) >= 11 is 0. The molecule has 0 radical (unpaired) electrons. The number of ether oxygens (including phenoxy) is 1. The third-order valence-corrected chi connectivity index (χ3v) is 9.82. The van der Waals surface area contributed by atoms with Gasteiger partial charge in [0.25, 0.3) is 0 Å². The predicted molar refractivity (Wildman–Crippen MR) is 161 cm³/mol. The van der Waals surface area contributed by atoms with Gasteiger partial charge in [-0.05, 0) is 68.7 Å². The molecule has 44 heavy (non-hydrogen) atoms. The lowest BCUT2D eigenvalue weighted by molar-refractivity contribution is -0.127. The van der Waals surface area contributed by atoms with E-state index in [9.17, 15) is 29.3 Å². The molecule has 1 saturated carbocycles. The molecule has 2 aromatic heterocycles. The molecule has 1 saturated heterocycles. The molecule has 0 spiro atoms. The van der Waals surface area contributed by atoms with E-state index in [2.05, 4.69) is 9.88 Å². The number of primary amides is 1. The largest absolute Gasteiger partial charge is 0.488 e. The van der Waals surface area contributed by atoms with Gasteiger partial charge in [-0.1, -0.05) is 13.0 Å². The lowest BCUT2D eigenvalue weighted by Crippen LogP contribution is -2.50. The lowest BCUT2D eigenvalue weighted by Gasteiger charge is -2.44. The van der Waals surface area contributed by atoms with E-state index in [0.717, 1.165) is 13.1 Å². The summed E-state index contributed by atoms with van der Waals surface area (Å²) in [5.41, 5.74) is 5.39. The molecular formula is C33H38FN3O7. The van der Waals surface area contributed by atoms with E-state index in [-0.39, 0.29) is 55.6 Å². The van der Waals surface area contributed by atoms with Gasteiger partial charge in [-0.3, -0.25) is 4.79 Å². The quantitative estimate of drug-likeness (QED) is 0.186. The number of furan rings is 1. The maximum absolute atomic E-state index is 13.7. The van der Waals surface area contributed by atoms with E-state index in [1.807, 2.05) is 6.92 Å². The number of nitrogens with zero attached hydrogens (tertiary/aromatic N) is 1. The van der Waals surface area contributed by atoms with Crippen molar-refractivity contribution in [3.8, 4) is 5.75 Å². The number of rotatable bonds is 9. The maximum atomic E-state index is 13.7. The van der Waals surface area contributed by atoms with Crippen LogP contribution >= 0.6 is 0 Å². The minimum atomic E-state index is -1.35. The van der Waals surface area contributed by atoms with E-state index >= 15 is 0 Å². The van der Waals surface area contributed by atoms with Crippen LogP contribution in [0, 0.1) is 11.7 Å². The number of H-pyrrole nitrogens is 1. The Morgan fingerprint density at radius 3 is 2.68 bits per heavy atom. The number of hydrogen-bond acceptors (Lipinski definition) is 7. The number of halogens is 1. The van der Waals surface area contributed by atoms with Crippen LogP contribution in [-0.2, 0) is 16.8 Å². The first-order chi connectivity index (χ1) is 21.0. The number of benzene rings is 2. The van der Waals surface area contributed by atoms with Crippen LogP contribution in [0.25, 0.3) is 21.9 Å². The second-order valence-corrected chi connectivity index (χ2v) is 12.6. The number of likely N-dealkylation sites (tertiary alicyclic amines) is 1. The molecule has 1 aliphatic carbocycles. The number of fused-ring (bicyclic) bond motifs is 2. The molecule has 0 bridgehead atoms. The van der Waals surface area contributed by atoms with Crippen molar-refractivity contribution >= 4 is 33.7 Å². The molecule has 2 fully saturated rings. The number of nitrogens with one attached hydrogen (secondary N) is 1. The van der Waals surface area contributed by atoms with Gasteiger partial charge >= 0.3 is 5.97 Å².